The van der Waals surface area contributed by atoms with E-state index < -0.39 is 6.67 Å². The van der Waals surface area contributed by atoms with Crippen molar-refractivity contribution >= 4 is 17.2 Å². The fourth-order valence-electron chi connectivity index (χ4n) is 1.12. The summed E-state index contributed by atoms with van der Waals surface area (Å²) in [7, 11) is 0. The number of thiophene rings is 1. The van der Waals surface area contributed by atoms with E-state index in [1.165, 1.54) is 11.3 Å². The molecule has 14 heavy (non-hydrogen) atoms. The van der Waals surface area contributed by atoms with Gasteiger partial charge in [-0.1, -0.05) is 0 Å². The normalized spacial score (nSPS) is 10.6. The predicted molar refractivity (Wildman–Crippen MR) is 56.1 cm³/mol. The van der Waals surface area contributed by atoms with E-state index in [1.54, 1.807) is 11.4 Å². The van der Waals surface area contributed by atoms with E-state index in [2.05, 4.69) is 5.32 Å². The molecule has 0 radical (unpaired) electrons. The molecule has 0 fully saturated rings. The van der Waals surface area contributed by atoms with Gasteiger partial charge in [0.15, 0.2) is 0 Å². The number of carbonyl (C=O) groups is 1. The Kier molecular flexibility index (Phi) is 4.07. The second kappa shape index (κ2) is 5.10. The lowest BCUT2D eigenvalue weighted by molar-refractivity contribution is -0.120. The van der Waals surface area contributed by atoms with Crippen molar-refractivity contribution in [1.82, 2.24) is 5.32 Å². The molecule has 0 bridgehead atoms. The first-order valence-corrected chi connectivity index (χ1v) is 5.41. The summed E-state index contributed by atoms with van der Waals surface area (Å²) in [6, 6.07) is 1.90. The highest BCUT2D eigenvalue weighted by Crippen LogP contribution is 2.16. The van der Waals surface area contributed by atoms with Crippen LogP contribution in [0.1, 0.15) is 24.3 Å². The number of hydrogen-bond acceptors (Lipinski definition) is 2. The van der Waals surface area contributed by atoms with Gasteiger partial charge in [0.1, 0.15) is 6.67 Å². The molecule has 0 atom stereocenters. The van der Waals surface area contributed by atoms with Gasteiger partial charge in [-0.05, 0) is 30.9 Å². The van der Waals surface area contributed by atoms with Crippen LogP contribution < -0.4 is 5.32 Å². The Morgan fingerprint density at radius 1 is 1.64 bits per heavy atom. The maximum atomic E-state index is 12.2. The third kappa shape index (κ3) is 3.46. The highest BCUT2D eigenvalue weighted by Gasteiger charge is 2.06. The Morgan fingerprint density at radius 2 is 2.36 bits per heavy atom. The van der Waals surface area contributed by atoms with Crippen molar-refractivity contribution in [2.45, 2.75) is 33.0 Å². The third-order valence-corrected chi connectivity index (χ3v) is 2.63. The Labute approximate surface area is 87.1 Å². The number of halogens is 1. The molecule has 78 valence electrons. The highest BCUT2D eigenvalue weighted by atomic mass is 32.1. The van der Waals surface area contributed by atoms with Crippen molar-refractivity contribution < 1.29 is 9.18 Å². The number of carbonyl (C=O) groups excluding carboxylic acids is 1. The van der Waals surface area contributed by atoms with Gasteiger partial charge in [0.2, 0.25) is 5.91 Å². The summed E-state index contributed by atoms with van der Waals surface area (Å²) in [4.78, 5) is 12.2. The minimum Gasteiger partial charge on any atom is -0.354 e. The molecule has 0 aromatic carbocycles. The van der Waals surface area contributed by atoms with Crippen LogP contribution in [0, 0.1) is 0 Å². The molecule has 1 aromatic rings. The van der Waals surface area contributed by atoms with Crippen LogP contribution in [0.2, 0.25) is 0 Å². The standard InChI is InChI=1S/C10H14FNOS/c1-7(2)12-10(13)4-9-3-8(5-11)6-14-9/h3,6-7H,4-5H2,1-2H3,(H,12,13). The molecule has 0 unspecified atom stereocenters. The molecule has 0 aliphatic heterocycles. The van der Waals surface area contributed by atoms with Gasteiger partial charge in [0.05, 0.1) is 6.42 Å². The van der Waals surface area contributed by atoms with Crippen LogP contribution in [0.4, 0.5) is 4.39 Å². The fourth-order valence-corrected chi connectivity index (χ4v) is 1.99. The number of rotatable bonds is 4. The maximum absolute atomic E-state index is 12.2. The van der Waals surface area contributed by atoms with Crippen molar-refractivity contribution in [3.63, 3.8) is 0 Å². The molecule has 0 aliphatic rings. The van der Waals surface area contributed by atoms with Gasteiger partial charge >= 0.3 is 0 Å². The molecule has 4 heteroatoms. The third-order valence-electron chi connectivity index (χ3n) is 1.65. The zero-order chi connectivity index (χ0) is 10.6. The number of amides is 1. The molecule has 1 N–H and O–H groups in total. The summed E-state index contributed by atoms with van der Waals surface area (Å²) >= 11 is 1.43. The lowest BCUT2D eigenvalue weighted by Gasteiger charge is -2.06. The van der Waals surface area contributed by atoms with Crippen molar-refractivity contribution in [2.24, 2.45) is 0 Å². The molecular formula is C10H14FNOS. The van der Waals surface area contributed by atoms with Crippen LogP contribution in [-0.4, -0.2) is 11.9 Å². The number of alkyl halides is 1. The quantitative estimate of drug-likeness (QED) is 0.820. The summed E-state index contributed by atoms with van der Waals surface area (Å²) in [5.74, 6) is -0.00717. The Bertz CT molecular complexity index is 309. The Morgan fingerprint density at radius 3 is 2.86 bits per heavy atom. The Balaban J connectivity index is 2.47. The van der Waals surface area contributed by atoms with E-state index in [1.807, 2.05) is 13.8 Å². The minimum absolute atomic E-state index is 0.00717. The zero-order valence-corrected chi connectivity index (χ0v) is 9.16. The average Bonchev–Trinajstić information content (AvgIpc) is 2.50. The van der Waals surface area contributed by atoms with E-state index in [0.717, 1.165) is 4.88 Å². The molecule has 1 rings (SSSR count). The highest BCUT2D eigenvalue weighted by molar-refractivity contribution is 7.10. The topological polar surface area (TPSA) is 29.1 Å². The smallest absolute Gasteiger partial charge is 0.225 e. The van der Waals surface area contributed by atoms with Gasteiger partial charge in [0.25, 0.3) is 0 Å². The fraction of sp³-hybridized carbons (Fsp3) is 0.500. The first kappa shape index (κ1) is 11.2. The van der Waals surface area contributed by atoms with E-state index in [-0.39, 0.29) is 11.9 Å². The second-order valence-electron chi connectivity index (χ2n) is 3.45. The van der Waals surface area contributed by atoms with Crippen LogP contribution >= 0.6 is 11.3 Å². The van der Waals surface area contributed by atoms with Crippen LogP contribution in [0.25, 0.3) is 0 Å². The average molecular weight is 215 g/mol. The molecular weight excluding hydrogens is 201 g/mol. The molecule has 1 heterocycles. The molecule has 1 aromatic heterocycles. The summed E-state index contributed by atoms with van der Waals surface area (Å²) in [6.45, 7) is 3.38. The molecule has 0 saturated heterocycles. The largest absolute Gasteiger partial charge is 0.354 e. The number of hydrogen-bond donors (Lipinski definition) is 1. The first-order valence-electron chi connectivity index (χ1n) is 4.53. The van der Waals surface area contributed by atoms with Gasteiger partial charge < -0.3 is 5.32 Å². The lowest BCUT2D eigenvalue weighted by atomic mass is 10.2. The minimum atomic E-state index is -0.456. The van der Waals surface area contributed by atoms with Crippen LogP contribution in [0.15, 0.2) is 11.4 Å². The second-order valence-corrected chi connectivity index (χ2v) is 4.45. The van der Waals surface area contributed by atoms with Gasteiger partial charge in [-0.25, -0.2) is 4.39 Å². The van der Waals surface area contributed by atoms with Crippen LogP contribution in [-0.2, 0) is 17.9 Å². The monoisotopic (exact) mass is 215 g/mol. The SMILES string of the molecule is CC(C)NC(=O)Cc1cc(CF)cs1. The van der Waals surface area contributed by atoms with Crippen LogP contribution in [0.5, 0.6) is 0 Å². The lowest BCUT2D eigenvalue weighted by Crippen LogP contribution is -2.31. The van der Waals surface area contributed by atoms with Crippen molar-refractivity contribution in [3.05, 3.63) is 21.9 Å². The van der Waals surface area contributed by atoms with Crippen molar-refractivity contribution in [2.75, 3.05) is 0 Å². The summed E-state index contributed by atoms with van der Waals surface area (Å²) in [5.41, 5.74) is 0.655. The summed E-state index contributed by atoms with van der Waals surface area (Å²) < 4.78 is 12.2. The molecule has 2 nitrogen and oxygen atoms in total. The number of nitrogens with one attached hydrogen (secondary N) is 1. The van der Waals surface area contributed by atoms with E-state index in [4.69, 9.17) is 0 Å². The van der Waals surface area contributed by atoms with Crippen molar-refractivity contribution in [3.8, 4) is 0 Å². The van der Waals surface area contributed by atoms with E-state index in [0.29, 0.717) is 12.0 Å². The van der Waals surface area contributed by atoms with Gasteiger partial charge in [-0.3, -0.25) is 4.79 Å². The van der Waals surface area contributed by atoms with Gasteiger partial charge in [0, 0.05) is 10.9 Å². The van der Waals surface area contributed by atoms with E-state index in [9.17, 15) is 9.18 Å². The van der Waals surface area contributed by atoms with E-state index >= 15 is 0 Å². The summed E-state index contributed by atoms with van der Waals surface area (Å²) in [6.07, 6.45) is 0.350. The van der Waals surface area contributed by atoms with Crippen LogP contribution in [0.3, 0.4) is 0 Å². The predicted octanol–water partition coefficient (Wildman–Crippen LogP) is 2.28. The van der Waals surface area contributed by atoms with Gasteiger partial charge in [-0.15, -0.1) is 11.3 Å². The molecule has 0 spiro atoms. The van der Waals surface area contributed by atoms with Gasteiger partial charge in [-0.2, -0.15) is 0 Å². The molecule has 0 aliphatic carbocycles. The maximum Gasteiger partial charge on any atom is 0.225 e. The first-order chi connectivity index (χ1) is 6.61. The molecule has 0 saturated carbocycles. The Hall–Kier alpha value is -0.900. The van der Waals surface area contributed by atoms with Crippen molar-refractivity contribution in [1.29, 1.82) is 0 Å². The zero-order valence-electron chi connectivity index (χ0n) is 8.34. The summed E-state index contributed by atoms with van der Waals surface area (Å²) in [5, 5.41) is 4.54. The molecule has 1 amide bonds.